The number of thiazole rings is 1. The third-order valence-electron chi connectivity index (χ3n) is 3.28. The van der Waals surface area contributed by atoms with E-state index in [0.717, 1.165) is 16.0 Å². The zero-order chi connectivity index (χ0) is 16.7. The number of H-pyrrole nitrogens is 1. The van der Waals surface area contributed by atoms with Gasteiger partial charge in [-0.05, 0) is 13.0 Å². The molecule has 0 aliphatic carbocycles. The van der Waals surface area contributed by atoms with E-state index in [4.69, 9.17) is 5.11 Å². The minimum absolute atomic E-state index is 0.0609. The Kier molecular flexibility index (Phi) is 3.45. The van der Waals surface area contributed by atoms with Crippen LogP contribution in [0.1, 0.15) is 11.3 Å². The molecule has 2 N–H and O–H groups in total. The number of benzene rings is 1. The fraction of sp³-hybridized carbons (Fsp3) is 0.154. The number of hydrogen-bond donors (Lipinski definition) is 2. The Hall–Kier alpha value is -3.01. The number of hydrogen-bond acceptors (Lipinski definition) is 6. The SMILES string of the molecule is Cc1[nH]n(-c2nc3ccc([N+](=O)[O-])cc3s2)c(=O)c1CC(=O)O. The van der Waals surface area contributed by atoms with Crippen LogP contribution >= 0.6 is 11.3 Å². The summed E-state index contributed by atoms with van der Waals surface area (Å²) in [6.45, 7) is 1.61. The minimum atomic E-state index is -1.10. The molecule has 9 nitrogen and oxygen atoms in total. The maximum Gasteiger partial charge on any atom is 0.308 e. The lowest BCUT2D eigenvalue weighted by Gasteiger charge is -1.92. The summed E-state index contributed by atoms with van der Waals surface area (Å²) >= 11 is 1.11. The van der Waals surface area contributed by atoms with E-state index in [1.807, 2.05) is 0 Å². The number of nitrogens with zero attached hydrogens (tertiary/aromatic N) is 3. The molecule has 0 unspecified atom stereocenters. The molecule has 10 heteroatoms. The Morgan fingerprint density at radius 2 is 2.26 bits per heavy atom. The second-order valence-electron chi connectivity index (χ2n) is 4.83. The minimum Gasteiger partial charge on any atom is -0.481 e. The first kappa shape index (κ1) is 14.9. The summed E-state index contributed by atoms with van der Waals surface area (Å²) in [6, 6.07) is 4.23. The van der Waals surface area contributed by atoms with Gasteiger partial charge in [-0.1, -0.05) is 11.3 Å². The first-order chi connectivity index (χ1) is 10.9. The highest BCUT2D eigenvalue weighted by Crippen LogP contribution is 2.27. The maximum absolute atomic E-state index is 12.3. The van der Waals surface area contributed by atoms with Crippen LogP contribution < -0.4 is 5.56 Å². The molecule has 0 atom stereocenters. The summed E-state index contributed by atoms with van der Waals surface area (Å²) in [5, 5.41) is 22.7. The molecule has 118 valence electrons. The Morgan fingerprint density at radius 1 is 1.52 bits per heavy atom. The summed E-state index contributed by atoms with van der Waals surface area (Å²) in [6.07, 6.45) is -0.384. The first-order valence-corrected chi connectivity index (χ1v) is 7.26. The van der Waals surface area contributed by atoms with Crippen LogP contribution in [-0.4, -0.2) is 30.8 Å². The number of carboxylic acid groups (broad SMARTS) is 1. The van der Waals surface area contributed by atoms with Crippen molar-refractivity contribution < 1.29 is 14.8 Å². The Bertz CT molecular complexity index is 1000. The van der Waals surface area contributed by atoms with Gasteiger partial charge in [0.1, 0.15) is 0 Å². The molecule has 0 fully saturated rings. The molecule has 23 heavy (non-hydrogen) atoms. The zero-order valence-corrected chi connectivity index (χ0v) is 12.6. The number of non-ortho nitro benzene ring substituents is 1. The number of aryl methyl sites for hydroxylation is 1. The van der Waals surface area contributed by atoms with Crippen molar-refractivity contribution in [1.82, 2.24) is 14.8 Å². The van der Waals surface area contributed by atoms with Crippen molar-refractivity contribution in [3.05, 3.63) is 49.9 Å². The second-order valence-corrected chi connectivity index (χ2v) is 5.84. The smallest absolute Gasteiger partial charge is 0.308 e. The molecule has 3 aromatic rings. The number of aromatic nitrogens is 3. The van der Waals surface area contributed by atoms with Crippen molar-refractivity contribution in [2.24, 2.45) is 0 Å². The molecule has 3 rings (SSSR count). The van der Waals surface area contributed by atoms with Gasteiger partial charge in [-0.2, -0.15) is 4.68 Å². The van der Waals surface area contributed by atoms with Gasteiger partial charge in [0, 0.05) is 17.8 Å². The predicted octanol–water partition coefficient (Wildman–Crippen LogP) is 1.62. The highest BCUT2D eigenvalue weighted by molar-refractivity contribution is 7.20. The van der Waals surface area contributed by atoms with Gasteiger partial charge < -0.3 is 5.11 Å². The average molecular weight is 334 g/mol. The Labute approximate surface area is 132 Å². The van der Waals surface area contributed by atoms with Crippen LogP contribution in [0.5, 0.6) is 0 Å². The molecule has 2 aromatic heterocycles. The number of nitrogens with one attached hydrogen (secondary N) is 1. The third kappa shape index (κ3) is 2.59. The van der Waals surface area contributed by atoms with Crippen LogP contribution in [0.3, 0.4) is 0 Å². The monoisotopic (exact) mass is 334 g/mol. The van der Waals surface area contributed by atoms with Gasteiger partial charge in [0.05, 0.1) is 27.1 Å². The maximum atomic E-state index is 12.3. The van der Waals surface area contributed by atoms with Gasteiger partial charge in [0.15, 0.2) is 0 Å². The van der Waals surface area contributed by atoms with Crippen LogP contribution in [0.15, 0.2) is 23.0 Å². The van der Waals surface area contributed by atoms with Gasteiger partial charge in [-0.3, -0.25) is 24.8 Å². The van der Waals surface area contributed by atoms with E-state index in [0.29, 0.717) is 21.0 Å². The van der Waals surface area contributed by atoms with Gasteiger partial charge >= 0.3 is 5.97 Å². The molecule has 0 saturated heterocycles. The molecular formula is C13H10N4O5S. The number of aromatic amines is 1. The molecule has 2 heterocycles. The second kappa shape index (κ2) is 5.32. The number of aliphatic carboxylic acids is 1. The molecule has 0 aliphatic heterocycles. The average Bonchev–Trinajstić information content (AvgIpc) is 3.01. The van der Waals surface area contributed by atoms with Crippen molar-refractivity contribution in [1.29, 1.82) is 0 Å². The summed E-state index contributed by atoms with van der Waals surface area (Å²) < 4.78 is 1.72. The molecule has 0 bridgehead atoms. The van der Waals surface area contributed by atoms with Crippen LogP contribution in [0, 0.1) is 17.0 Å². The molecule has 0 spiro atoms. The first-order valence-electron chi connectivity index (χ1n) is 6.44. The quantitative estimate of drug-likeness (QED) is 0.550. The summed E-state index contributed by atoms with van der Waals surface area (Å²) in [7, 11) is 0. The molecular weight excluding hydrogens is 324 g/mol. The fourth-order valence-electron chi connectivity index (χ4n) is 2.19. The number of rotatable bonds is 4. The number of nitro benzene ring substituents is 1. The van der Waals surface area contributed by atoms with E-state index >= 15 is 0 Å². The third-order valence-corrected chi connectivity index (χ3v) is 4.29. The molecule has 0 amide bonds. The number of carboxylic acids is 1. The fourth-order valence-corrected chi connectivity index (χ4v) is 3.14. The molecule has 0 aliphatic rings. The van der Waals surface area contributed by atoms with Crippen molar-refractivity contribution in [2.45, 2.75) is 13.3 Å². The van der Waals surface area contributed by atoms with E-state index in [1.54, 1.807) is 6.92 Å². The van der Waals surface area contributed by atoms with Gasteiger partial charge in [-0.15, -0.1) is 0 Å². The van der Waals surface area contributed by atoms with E-state index in [2.05, 4.69) is 10.1 Å². The lowest BCUT2D eigenvalue weighted by molar-refractivity contribution is -0.384. The van der Waals surface area contributed by atoms with Crippen molar-refractivity contribution in [3.63, 3.8) is 0 Å². The summed E-state index contributed by atoms with van der Waals surface area (Å²) in [5.74, 6) is -1.10. The van der Waals surface area contributed by atoms with E-state index < -0.39 is 16.5 Å². The zero-order valence-electron chi connectivity index (χ0n) is 11.8. The molecule has 1 aromatic carbocycles. The Balaban J connectivity index is 2.12. The van der Waals surface area contributed by atoms with E-state index in [1.165, 1.54) is 18.2 Å². The summed E-state index contributed by atoms with van der Waals surface area (Å²) in [4.78, 5) is 37.7. The number of nitro groups is 1. The topological polar surface area (TPSA) is 131 Å². The number of fused-ring (bicyclic) bond motifs is 1. The van der Waals surface area contributed by atoms with Crippen LogP contribution in [0.4, 0.5) is 5.69 Å². The molecule has 0 saturated carbocycles. The number of carbonyl (C=O) groups is 1. The van der Waals surface area contributed by atoms with Crippen molar-refractivity contribution in [2.75, 3.05) is 0 Å². The predicted molar refractivity (Wildman–Crippen MR) is 82.3 cm³/mol. The van der Waals surface area contributed by atoms with Crippen LogP contribution in [0.2, 0.25) is 0 Å². The Morgan fingerprint density at radius 3 is 2.91 bits per heavy atom. The highest BCUT2D eigenvalue weighted by atomic mass is 32.1. The lowest BCUT2D eigenvalue weighted by Crippen LogP contribution is -2.19. The highest BCUT2D eigenvalue weighted by Gasteiger charge is 2.18. The lowest BCUT2D eigenvalue weighted by atomic mass is 10.2. The van der Waals surface area contributed by atoms with E-state index in [-0.39, 0.29) is 17.7 Å². The van der Waals surface area contributed by atoms with Gasteiger partial charge in [-0.25, -0.2) is 4.98 Å². The van der Waals surface area contributed by atoms with Crippen LogP contribution in [0.25, 0.3) is 15.3 Å². The standard InChI is InChI=1S/C13H10N4O5S/c1-6-8(5-11(18)19)12(20)16(15-6)13-14-9-3-2-7(17(21)22)4-10(9)23-13/h2-4,15H,5H2,1H3,(H,18,19). The van der Waals surface area contributed by atoms with Crippen LogP contribution in [-0.2, 0) is 11.2 Å². The van der Waals surface area contributed by atoms with Crippen molar-refractivity contribution >= 4 is 33.2 Å². The molecule has 0 radical (unpaired) electrons. The largest absolute Gasteiger partial charge is 0.481 e. The van der Waals surface area contributed by atoms with Gasteiger partial charge in [0.25, 0.3) is 11.2 Å². The van der Waals surface area contributed by atoms with Crippen molar-refractivity contribution in [3.8, 4) is 5.13 Å². The van der Waals surface area contributed by atoms with Gasteiger partial charge in [0.2, 0.25) is 5.13 Å². The normalized spacial score (nSPS) is 11.0. The summed E-state index contributed by atoms with van der Waals surface area (Å²) in [5.41, 5.74) is 0.577. The van der Waals surface area contributed by atoms with E-state index in [9.17, 15) is 19.7 Å².